The largest absolute Gasteiger partial charge is 0.455 e. The molecule has 3 aromatic heterocycles. The lowest BCUT2D eigenvalue weighted by Gasteiger charge is -2.16. The minimum atomic E-state index is 0.535. The van der Waals surface area contributed by atoms with E-state index in [0.29, 0.717) is 17.5 Å². The molecule has 61 heavy (non-hydrogen) atoms. The maximum Gasteiger partial charge on any atom is 0.167 e. The molecule has 0 N–H and O–H groups in total. The minimum absolute atomic E-state index is 0.535. The molecule has 0 fully saturated rings. The summed E-state index contributed by atoms with van der Waals surface area (Å²) < 4.78 is 6.57. The smallest absolute Gasteiger partial charge is 0.167 e. The number of aromatic nitrogens is 4. The maximum atomic E-state index is 6.57. The first kappa shape index (κ1) is 34.7. The number of benzene rings is 9. The third-order valence-corrected chi connectivity index (χ3v) is 11.7. The molecule has 0 amide bonds. The molecular weight excluding hydrogens is 745 g/mol. The summed E-state index contributed by atoms with van der Waals surface area (Å²) in [6.45, 7) is 0. The van der Waals surface area contributed by atoms with Gasteiger partial charge in [-0.1, -0.05) is 164 Å². The van der Waals surface area contributed by atoms with Crippen molar-refractivity contribution in [1.29, 1.82) is 0 Å². The number of hydrogen-bond acceptors (Lipinski definition) is 5. The fraction of sp³-hybridized carbons (Fsp3) is 0. The van der Waals surface area contributed by atoms with Crippen molar-refractivity contribution >= 4 is 54.5 Å². The number of hydrogen-bond donors (Lipinski definition) is 0. The summed E-state index contributed by atoms with van der Waals surface area (Å²) in [5, 5.41) is 6.50. The SMILES string of the molecule is c1ccc(-c2cccc(-c3nc(-c4cc(-c5ccccc5)cc(-c5c6ccccc6nc6c5ccc5ccccc56)c4)nc(-c4cccc5c4oc4ccccc45)n3)c2)cc1. The molecule has 0 bridgehead atoms. The van der Waals surface area contributed by atoms with Gasteiger partial charge in [-0.25, -0.2) is 19.9 Å². The van der Waals surface area contributed by atoms with Crippen molar-refractivity contribution < 1.29 is 4.42 Å². The van der Waals surface area contributed by atoms with Gasteiger partial charge in [-0.05, 0) is 75.7 Å². The number of rotatable bonds is 6. The van der Waals surface area contributed by atoms with Crippen molar-refractivity contribution in [1.82, 2.24) is 19.9 Å². The summed E-state index contributed by atoms with van der Waals surface area (Å²) in [7, 11) is 0. The van der Waals surface area contributed by atoms with Gasteiger partial charge in [0.15, 0.2) is 17.5 Å². The van der Waals surface area contributed by atoms with Gasteiger partial charge in [0.1, 0.15) is 11.2 Å². The number of para-hydroxylation sites is 3. The molecule has 0 saturated heterocycles. The van der Waals surface area contributed by atoms with Gasteiger partial charge in [-0.2, -0.15) is 0 Å². The highest BCUT2D eigenvalue weighted by Crippen LogP contribution is 2.42. The topological polar surface area (TPSA) is 64.7 Å². The Morgan fingerprint density at radius 3 is 1.72 bits per heavy atom. The molecule has 3 heterocycles. The van der Waals surface area contributed by atoms with E-state index in [0.717, 1.165) is 105 Å². The number of furan rings is 1. The molecule has 0 aliphatic carbocycles. The Morgan fingerprint density at radius 2 is 0.885 bits per heavy atom. The van der Waals surface area contributed by atoms with Gasteiger partial charge in [0.25, 0.3) is 0 Å². The number of fused-ring (bicyclic) bond motifs is 7. The first-order valence-electron chi connectivity index (χ1n) is 20.5. The Bertz CT molecular complexity index is 3650. The molecule has 0 aliphatic rings. The molecule has 0 spiro atoms. The highest BCUT2D eigenvalue weighted by molar-refractivity contribution is 6.17. The lowest BCUT2D eigenvalue weighted by molar-refractivity contribution is 0.669. The summed E-state index contributed by atoms with van der Waals surface area (Å²) in [6.07, 6.45) is 0. The maximum absolute atomic E-state index is 6.57. The highest BCUT2D eigenvalue weighted by Gasteiger charge is 2.21. The lowest BCUT2D eigenvalue weighted by atomic mass is 9.90. The van der Waals surface area contributed by atoms with Crippen LogP contribution in [0.2, 0.25) is 0 Å². The van der Waals surface area contributed by atoms with E-state index in [9.17, 15) is 0 Å². The van der Waals surface area contributed by atoms with Crippen molar-refractivity contribution in [2.24, 2.45) is 0 Å². The first-order chi connectivity index (χ1) is 30.2. The van der Waals surface area contributed by atoms with Crippen molar-refractivity contribution in [2.75, 3.05) is 0 Å². The van der Waals surface area contributed by atoms with Crippen LogP contribution in [0.4, 0.5) is 0 Å². The van der Waals surface area contributed by atoms with Crippen LogP contribution >= 0.6 is 0 Å². The van der Waals surface area contributed by atoms with E-state index in [2.05, 4.69) is 176 Å². The first-order valence-corrected chi connectivity index (χ1v) is 20.5. The van der Waals surface area contributed by atoms with E-state index in [1.54, 1.807) is 0 Å². The molecule has 5 nitrogen and oxygen atoms in total. The molecule has 12 rings (SSSR count). The Hall–Kier alpha value is -8.28. The third kappa shape index (κ3) is 6.02. The van der Waals surface area contributed by atoms with Gasteiger partial charge in [0.2, 0.25) is 0 Å². The third-order valence-electron chi connectivity index (χ3n) is 11.7. The van der Waals surface area contributed by atoms with E-state index in [1.165, 1.54) is 0 Å². The molecule has 0 saturated carbocycles. The summed E-state index contributed by atoms with van der Waals surface area (Å²) in [6, 6.07) is 71.7. The molecular formula is C56H34N4O. The predicted octanol–water partition coefficient (Wildman–Crippen LogP) is 14.6. The number of nitrogens with zero attached hydrogens (tertiary/aromatic N) is 4. The molecule has 0 aliphatic heterocycles. The predicted molar refractivity (Wildman–Crippen MR) is 250 cm³/mol. The molecule has 12 aromatic rings. The van der Waals surface area contributed by atoms with Crippen molar-refractivity contribution in [3.63, 3.8) is 0 Å². The molecule has 9 aromatic carbocycles. The lowest BCUT2D eigenvalue weighted by Crippen LogP contribution is -2.01. The average molecular weight is 779 g/mol. The second kappa shape index (κ2) is 14.2. The zero-order valence-electron chi connectivity index (χ0n) is 32.8. The van der Waals surface area contributed by atoms with Crippen LogP contribution in [-0.4, -0.2) is 19.9 Å². The molecule has 0 unspecified atom stereocenters. The van der Waals surface area contributed by atoms with Gasteiger partial charge in [-0.3, -0.25) is 0 Å². The second-order valence-corrected chi connectivity index (χ2v) is 15.4. The molecule has 5 heteroatoms. The van der Waals surface area contributed by atoms with E-state index >= 15 is 0 Å². The van der Waals surface area contributed by atoms with E-state index in [1.807, 2.05) is 30.3 Å². The van der Waals surface area contributed by atoms with Crippen LogP contribution in [0.25, 0.3) is 122 Å². The van der Waals surface area contributed by atoms with Crippen LogP contribution in [0.1, 0.15) is 0 Å². The van der Waals surface area contributed by atoms with Crippen LogP contribution in [0, 0.1) is 0 Å². The summed E-state index contributed by atoms with van der Waals surface area (Å²) in [5.41, 5.74) is 12.5. The summed E-state index contributed by atoms with van der Waals surface area (Å²) >= 11 is 0. The molecule has 0 atom stereocenters. The molecule has 284 valence electrons. The van der Waals surface area contributed by atoms with E-state index in [4.69, 9.17) is 24.4 Å². The number of pyridine rings is 1. The normalized spacial score (nSPS) is 11.6. The molecule has 0 radical (unpaired) electrons. The fourth-order valence-corrected chi connectivity index (χ4v) is 8.78. The van der Waals surface area contributed by atoms with Crippen LogP contribution in [0.3, 0.4) is 0 Å². The zero-order valence-corrected chi connectivity index (χ0v) is 32.8. The van der Waals surface area contributed by atoms with Crippen molar-refractivity contribution in [2.45, 2.75) is 0 Å². The van der Waals surface area contributed by atoms with Gasteiger partial charge in [0.05, 0.1) is 16.6 Å². The van der Waals surface area contributed by atoms with Gasteiger partial charge in [0, 0.05) is 43.6 Å². The van der Waals surface area contributed by atoms with E-state index < -0.39 is 0 Å². The highest BCUT2D eigenvalue weighted by atomic mass is 16.3. The Balaban J connectivity index is 1.14. The van der Waals surface area contributed by atoms with Crippen molar-refractivity contribution in [3.8, 4) is 67.5 Å². The zero-order chi connectivity index (χ0) is 40.3. The Labute approximate surface area is 351 Å². The van der Waals surface area contributed by atoms with Gasteiger partial charge >= 0.3 is 0 Å². The second-order valence-electron chi connectivity index (χ2n) is 15.4. The monoisotopic (exact) mass is 778 g/mol. The van der Waals surface area contributed by atoms with Gasteiger partial charge in [-0.15, -0.1) is 0 Å². The quantitative estimate of drug-likeness (QED) is 0.124. The van der Waals surface area contributed by atoms with Crippen LogP contribution < -0.4 is 0 Å². The van der Waals surface area contributed by atoms with Gasteiger partial charge < -0.3 is 4.42 Å². The van der Waals surface area contributed by atoms with Crippen LogP contribution in [0.5, 0.6) is 0 Å². The summed E-state index contributed by atoms with van der Waals surface area (Å²) in [4.78, 5) is 21.2. The Morgan fingerprint density at radius 1 is 0.311 bits per heavy atom. The fourth-order valence-electron chi connectivity index (χ4n) is 8.78. The Kier molecular flexibility index (Phi) is 8.10. The van der Waals surface area contributed by atoms with E-state index in [-0.39, 0.29) is 0 Å². The minimum Gasteiger partial charge on any atom is -0.455 e. The average Bonchev–Trinajstić information content (AvgIpc) is 3.72. The standard InChI is InChI=1S/C56H34N4O/c1-3-15-35(16-4-1)38-20-13-21-39(31-38)54-58-55(60-56(59-54)48-26-14-25-45-44-23-10-12-28-50(44)61-53(45)48)42-33-40(36-17-5-2-6-18-36)32-41(34-42)51-46-24-9-11-27-49(46)57-52-43-22-8-7-19-37(43)29-30-47(51)52/h1-34H. The van der Waals surface area contributed by atoms with Crippen LogP contribution in [0.15, 0.2) is 211 Å². The summed E-state index contributed by atoms with van der Waals surface area (Å²) in [5.74, 6) is 1.67. The van der Waals surface area contributed by atoms with Crippen LogP contribution in [-0.2, 0) is 0 Å². The van der Waals surface area contributed by atoms with Crippen molar-refractivity contribution in [3.05, 3.63) is 206 Å².